The molecule has 0 amide bonds. The fourth-order valence-corrected chi connectivity index (χ4v) is 2.02. The van der Waals surface area contributed by atoms with E-state index < -0.39 is 10.1 Å². The average molecular weight is 346 g/mol. The number of hydrogen-bond donors (Lipinski definition) is 2. The van der Waals surface area contributed by atoms with Gasteiger partial charge in [-0.2, -0.15) is 0 Å². The number of hydrogen-bond acceptors (Lipinski definition) is 6. The zero-order valence-corrected chi connectivity index (χ0v) is 14.0. The average Bonchev–Trinajstić information content (AvgIpc) is 2.45. The topological polar surface area (TPSA) is 148 Å². The Labute approximate surface area is 138 Å². The second-order valence-electron chi connectivity index (χ2n) is 5.38. The summed E-state index contributed by atoms with van der Waals surface area (Å²) in [6, 6.07) is 0. The zero-order valence-electron chi connectivity index (χ0n) is 14.0. The number of hydrazone groups is 2. The normalized spacial score (nSPS) is 22.5. The lowest BCUT2D eigenvalue weighted by Crippen LogP contribution is -2.54. The second kappa shape index (κ2) is 8.78. The standard InChI is InChI=1S/2C5H11N5O2/c2*1-8-3-6-5(7-10(11)12)9(2)4-8/h2*3-4H2,1-2H3,(H,6,7). The molecule has 2 rings (SSSR count). The van der Waals surface area contributed by atoms with Gasteiger partial charge in [0.15, 0.2) is 10.1 Å². The maximum atomic E-state index is 10.0. The summed E-state index contributed by atoms with van der Waals surface area (Å²) in [5, 5.41) is 30.6. The molecule has 136 valence electrons. The summed E-state index contributed by atoms with van der Waals surface area (Å²) in [5.41, 5.74) is 0. The Balaban J connectivity index is 0.000000240. The molecule has 0 saturated carbocycles. The van der Waals surface area contributed by atoms with Crippen LogP contribution < -0.4 is 10.6 Å². The molecule has 14 nitrogen and oxygen atoms in total. The third-order valence-corrected chi connectivity index (χ3v) is 3.00. The molecule has 0 unspecified atom stereocenters. The van der Waals surface area contributed by atoms with Crippen LogP contribution in [-0.2, 0) is 0 Å². The summed E-state index contributed by atoms with van der Waals surface area (Å²) in [6.45, 7) is 2.44. The van der Waals surface area contributed by atoms with Gasteiger partial charge in [0.25, 0.3) is 11.9 Å². The van der Waals surface area contributed by atoms with Crippen LogP contribution in [-0.4, -0.2) is 96.4 Å². The summed E-state index contributed by atoms with van der Waals surface area (Å²) in [7, 11) is 7.30. The molecule has 14 heteroatoms. The van der Waals surface area contributed by atoms with Gasteiger partial charge in [0.05, 0.1) is 26.7 Å². The number of guanidine groups is 2. The molecule has 24 heavy (non-hydrogen) atoms. The Kier molecular flexibility index (Phi) is 7.06. The number of nitrogens with one attached hydrogen (secondary N) is 2. The van der Waals surface area contributed by atoms with Crippen molar-refractivity contribution in [3.63, 3.8) is 0 Å². The van der Waals surface area contributed by atoms with Gasteiger partial charge in [0, 0.05) is 14.1 Å². The molecule has 0 aromatic heterocycles. The molecule has 0 aromatic rings. The van der Waals surface area contributed by atoms with E-state index in [2.05, 4.69) is 20.8 Å². The summed E-state index contributed by atoms with van der Waals surface area (Å²) in [6.07, 6.45) is 0. The van der Waals surface area contributed by atoms with E-state index in [0.717, 1.165) is 0 Å². The minimum absolute atomic E-state index is 0.304. The van der Waals surface area contributed by atoms with E-state index in [9.17, 15) is 20.2 Å². The van der Waals surface area contributed by atoms with E-state index in [1.165, 1.54) is 0 Å². The van der Waals surface area contributed by atoms with Crippen LogP contribution in [0.2, 0.25) is 0 Å². The van der Waals surface area contributed by atoms with Gasteiger partial charge in [0.1, 0.15) is 10.2 Å². The highest BCUT2D eigenvalue weighted by Gasteiger charge is 2.18. The van der Waals surface area contributed by atoms with Crippen molar-refractivity contribution in [3.8, 4) is 0 Å². The molecule has 2 aliphatic heterocycles. The van der Waals surface area contributed by atoms with Gasteiger partial charge < -0.3 is 20.4 Å². The maximum Gasteiger partial charge on any atom is 0.273 e. The van der Waals surface area contributed by atoms with Crippen LogP contribution in [0.25, 0.3) is 0 Å². The van der Waals surface area contributed by atoms with Gasteiger partial charge >= 0.3 is 0 Å². The summed E-state index contributed by atoms with van der Waals surface area (Å²) >= 11 is 0. The first-order valence-electron chi connectivity index (χ1n) is 6.92. The number of rotatable bonds is 2. The van der Waals surface area contributed by atoms with Crippen LogP contribution in [0.5, 0.6) is 0 Å². The molecule has 2 N–H and O–H groups in total. The SMILES string of the molecule is CN1CN/C(=N\[N+](=O)[O-])N(C)C1.CN1CN/C(=N\[N+](=O)[O-])N(C)C1. The molecule has 2 saturated heterocycles. The lowest BCUT2D eigenvalue weighted by Gasteiger charge is -2.31. The first-order chi connectivity index (χ1) is 11.2. The quantitative estimate of drug-likeness (QED) is 0.418. The van der Waals surface area contributed by atoms with Crippen molar-refractivity contribution in [3.05, 3.63) is 20.2 Å². The highest BCUT2D eigenvalue weighted by Crippen LogP contribution is 1.96. The molecule has 2 heterocycles. The number of nitrogens with zero attached hydrogens (tertiary/aromatic N) is 8. The molecule has 2 aliphatic rings. The summed E-state index contributed by atoms with van der Waals surface area (Å²) in [5.74, 6) is 0.608. The van der Waals surface area contributed by atoms with Crippen molar-refractivity contribution in [2.75, 3.05) is 54.9 Å². The van der Waals surface area contributed by atoms with Gasteiger partial charge in [-0.05, 0) is 14.1 Å². The molecule has 2 fully saturated rings. The molecule has 0 aliphatic carbocycles. The van der Waals surface area contributed by atoms with E-state index in [1.54, 1.807) is 23.9 Å². The largest absolute Gasteiger partial charge is 0.338 e. The predicted molar refractivity (Wildman–Crippen MR) is 85.7 cm³/mol. The molecule has 0 aromatic carbocycles. The Morgan fingerprint density at radius 3 is 1.42 bits per heavy atom. The Morgan fingerprint density at radius 1 is 0.833 bits per heavy atom. The smallest absolute Gasteiger partial charge is 0.273 e. The Hall–Kier alpha value is -2.74. The van der Waals surface area contributed by atoms with E-state index in [-0.39, 0.29) is 0 Å². The third-order valence-electron chi connectivity index (χ3n) is 3.00. The van der Waals surface area contributed by atoms with Crippen molar-refractivity contribution in [2.45, 2.75) is 0 Å². The van der Waals surface area contributed by atoms with E-state index >= 15 is 0 Å². The van der Waals surface area contributed by atoms with Crippen molar-refractivity contribution in [1.82, 2.24) is 30.2 Å². The molecule has 0 bridgehead atoms. The second-order valence-corrected chi connectivity index (χ2v) is 5.38. The summed E-state index contributed by atoms with van der Waals surface area (Å²) < 4.78 is 0. The van der Waals surface area contributed by atoms with Crippen LogP contribution in [0.4, 0.5) is 0 Å². The lowest BCUT2D eigenvalue weighted by molar-refractivity contribution is -0.486. The fraction of sp³-hybridized carbons (Fsp3) is 0.800. The minimum Gasteiger partial charge on any atom is -0.338 e. The van der Waals surface area contributed by atoms with Gasteiger partial charge in [-0.25, -0.2) is 20.2 Å². The van der Waals surface area contributed by atoms with Gasteiger partial charge in [-0.1, -0.05) is 0 Å². The van der Waals surface area contributed by atoms with Gasteiger partial charge in [0.2, 0.25) is 0 Å². The minimum atomic E-state index is -0.704. The fourth-order valence-electron chi connectivity index (χ4n) is 2.02. The number of nitro groups is 2. The van der Waals surface area contributed by atoms with Crippen molar-refractivity contribution in [1.29, 1.82) is 0 Å². The van der Waals surface area contributed by atoms with Crippen molar-refractivity contribution < 1.29 is 10.1 Å². The van der Waals surface area contributed by atoms with E-state index in [0.29, 0.717) is 38.6 Å². The molecule has 0 radical (unpaired) electrons. The first kappa shape index (κ1) is 19.3. The Bertz CT molecular complexity index is 478. The zero-order chi connectivity index (χ0) is 18.3. The first-order valence-corrected chi connectivity index (χ1v) is 6.92. The monoisotopic (exact) mass is 346 g/mol. The van der Waals surface area contributed by atoms with Crippen LogP contribution in [0.3, 0.4) is 0 Å². The van der Waals surface area contributed by atoms with Crippen LogP contribution in [0, 0.1) is 20.2 Å². The summed E-state index contributed by atoms with van der Waals surface area (Å²) in [4.78, 5) is 27.4. The van der Waals surface area contributed by atoms with Crippen LogP contribution >= 0.6 is 0 Å². The van der Waals surface area contributed by atoms with Crippen LogP contribution in [0.15, 0.2) is 10.2 Å². The van der Waals surface area contributed by atoms with Crippen molar-refractivity contribution >= 4 is 11.9 Å². The van der Waals surface area contributed by atoms with Crippen molar-refractivity contribution in [2.24, 2.45) is 10.2 Å². The molecular formula is C10H22N10O4. The lowest BCUT2D eigenvalue weighted by atomic mass is 10.6. The molecule has 0 atom stereocenters. The highest BCUT2D eigenvalue weighted by molar-refractivity contribution is 5.79. The maximum absolute atomic E-state index is 10.0. The third kappa shape index (κ3) is 6.57. The highest BCUT2D eigenvalue weighted by atomic mass is 16.7. The van der Waals surface area contributed by atoms with Crippen LogP contribution in [0.1, 0.15) is 0 Å². The van der Waals surface area contributed by atoms with E-state index in [1.807, 2.05) is 23.9 Å². The molecule has 0 spiro atoms. The van der Waals surface area contributed by atoms with Gasteiger partial charge in [-0.15, -0.1) is 0 Å². The van der Waals surface area contributed by atoms with E-state index in [4.69, 9.17) is 0 Å². The Morgan fingerprint density at radius 2 is 1.17 bits per heavy atom. The predicted octanol–water partition coefficient (Wildman–Crippen LogP) is -2.17. The van der Waals surface area contributed by atoms with Gasteiger partial charge in [-0.3, -0.25) is 9.80 Å². The molecular weight excluding hydrogens is 324 g/mol.